The largest absolute Gasteiger partial charge is 0.490 e. The summed E-state index contributed by atoms with van der Waals surface area (Å²) >= 11 is 0. The molecule has 0 radical (unpaired) electrons. The summed E-state index contributed by atoms with van der Waals surface area (Å²) in [7, 11) is 0. The van der Waals surface area contributed by atoms with Crippen LogP contribution >= 0.6 is 0 Å². The zero-order valence-corrected chi connectivity index (χ0v) is 13.2. The maximum absolute atomic E-state index is 12.5. The van der Waals surface area contributed by atoms with E-state index in [-0.39, 0.29) is 11.8 Å². The number of likely N-dealkylation sites (tertiary alicyclic amines) is 1. The Morgan fingerprint density at radius 2 is 1.86 bits per heavy atom. The molecule has 0 spiro atoms. The fraction of sp³-hybridized carbons (Fsp3) is 0.611. The van der Waals surface area contributed by atoms with Crippen LogP contribution in [0.4, 0.5) is 0 Å². The Morgan fingerprint density at radius 3 is 2.50 bits per heavy atom. The van der Waals surface area contributed by atoms with Gasteiger partial charge in [0.15, 0.2) is 0 Å². The first-order valence-corrected chi connectivity index (χ1v) is 8.37. The van der Waals surface area contributed by atoms with Crippen LogP contribution in [-0.4, -0.2) is 41.2 Å². The quantitative estimate of drug-likeness (QED) is 0.934. The number of piperidine rings is 1. The number of aliphatic hydroxyl groups is 1. The van der Waals surface area contributed by atoms with Gasteiger partial charge in [0, 0.05) is 18.7 Å². The molecule has 1 saturated heterocycles. The molecule has 4 nitrogen and oxygen atoms in total. The highest BCUT2D eigenvalue weighted by atomic mass is 16.5. The molecule has 22 heavy (non-hydrogen) atoms. The number of benzene rings is 1. The molecule has 4 heteroatoms. The highest BCUT2D eigenvalue weighted by molar-refractivity contribution is 5.94. The molecule has 1 N–H and O–H groups in total. The molecule has 0 bridgehead atoms. The maximum atomic E-state index is 12.5. The van der Waals surface area contributed by atoms with E-state index >= 15 is 0 Å². The summed E-state index contributed by atoms with van der Waals surface area (Å²) in [6.45, 7) is 3.18. The third kappa shape index (κ3) is 3.43. The van der Waals surface area contributed by atoms with Crippen molar-refractivity contribution < 1.29 is 14.6 Å². The lowest BCUT2D eigenvalue weighted by Crippen LogP contribution is -2.45. The number of hydrogen-bond donors (Lipinski definition) is 1. The second-order valence-electron chi connectivity index (χ2n) is 6.63. The van der Waals surface area contributed by atoms with Crippen LogP contribution < -0.4 is 4.74 Å². The predicted molar refractivity (Wildman–Crippen MR) is 85.0 cm³/mol. The van der Waals surface area contributed by atoms with Crippen LogP contribution in [0.15, 0.2) is 24.3 Å². The van der Waals surface area contributed by atoms with E-state index in [1.807, 2.05) is 31.2 Å². The summed E-state index contributed by atoms with van der Waals surface area (Å²) in [5.74, 6) is 1.11. The minimum absolute atomic E-state index is 0.00151. The Kier molecular flexibility index (Phi) is 4.67. The van der Waals surface area contributed by atoms with Crippen molar-refractivity contribution in [1.29, 1.82) is 0 Å². The normalized spacial score (nSPS) is 26.2. The third-order valence-corrected chi connectivity index (χ3v) is 4.91. The molecular weight excluding hydrogens is 278 g/mol. The molecule has 1 aliphatic carbocycles. The van der Waals surface area contributed by atoms with Gasteiger partial charge < -0.3 is 14.7 Å². The van der Waals surface area contributed by atoms with Gasteiger partial charge in [0.25, 0.3) is 5.91 Å². The van der Waals surface area contributed by atoms with Gasteiger partial charge in [-0.15, -0.1) is 0 Å². The van der Waals surface area contributed by atoms with Gasteiger partial charge >= 0.3 is 0 Å². The average molecular weight is 303 g/mol. The van der Waals surface area contributed by atoms with Crippen molar-refractivity contribution >= 4 is 5.91 Å². The van der Waals surface area contributed by atoms with Crippen molar-refractivity contribution in [1.82, 2.24) is 4.90 Å². The van der Waals surface area contributed by atoms with Crippen LogP contribution in [0.5, 0.6) is 5.75 Å². The molecule has 1 heterocycles. The second kappa shape index (κ2) is 6.69. The number of rotatable bonds is 3. The zero-order chi connectivity index (χ0) is 15.5. The van der Waals surface area contributed by atoms with Gasteiger partial charge in [-0.05, 0) is 62.3 Å². The van der Waals surface area contributed by atoms with Crippen molar-refractivity contribution in [3.8, 4) is 5.75 Å². The van der Waals surface area contributed by atoms with E-state index in [9.17, 15) is 9.90 Å². The molecule has 1 aliphatic heterocycles. The van der Waals surface area contributed by atoms with Crippen LogP contribution in [0, 0.1) is 5.92 Å². The lowest BCUT2D eigenvalue weighted by molar-refractivity contribution is 0.0248. The summed E-state index contributed by atoms with van der Waals surface area (Å²) < 4.78 is 5.92. The Labute approximate surface area is 132 Å². The summed E-state index contributed by atoms with van der Waals surface area (Å²) in [6, 6.07) is 7.43. The van der Waals surface area contributed by atoms with Gasteiger partial charge in [0.1, 0.15) is 5.75 Å². The first-order chi connectivity index (χ1) is 10.6. The minimum atomic E-state index is -0.414. The standard InChI is InChI=1S/C18H25NO3/c1-13-10-11-19(12-17(13)20)18(21)14-6-8-16(9-7-14)22-15-4-2-3-5-15/h6-9,13,15,17,20H,2-5,10-12H2,1H3. The molecule has 3 rings (SSSR count). The number of carbonyl (C=O) groups excluding carboxylic acids is 1. The smallest absolute Gasteiger partial charge is 0.253 e. The van der Waals surface area contributed by atoms with Crippen molar-refractivity contribution in [2.75, 3.05) is 13.1 Å². The van der Waals surface area contributed by atoms with Gasteiger partial charge in [-0.1, -0.05) is 6.92 Å². The number of amides is 1. The second-order valence-corrected chi connectivity index (χ2v) is 6.63. The van der Waals surface area contributed by atoms with Crippen molar-refractivity contribution in [2.45, 2.75) is 51.2 Å². The molecule has 2 fully saturated rings. The van der Waals surface area contributed by atoms with Gasteiger partial charge in [0.05, 0.1) is 12.2 Å². The zero-order valence-electron chi connectivity index (χ0n) is 13.2. The monoisotopic (exact) mass is 303 g/mol. The number of aliphatic hydroxyl groups excluding tert-OH is 1. The van der Waals surface area contributed by atoms with Crippen molar-refractivity contribution in [3.05, 3.63) is 29.8 Å². The van der Waals surface area contributed by atoms with Gasteiger partial charge in [0.2, 0.25) is 0 Å². The Hall–Kier alpha value is -1.55. The SMILES string of the molecule is CC1CCN(C(=O)c2ccc(OC3CCCC3)cc2)CC1O. The minimum Gasteiger partial charge on any atom is -0.490 e. The lowest BCUT2D eigenvalue weighted by Gasteiger charge is -2.34. The lowest BCUT2D eigenvalue weighted by atomic mass is 9.95. The number of ether oxygens (including phenoxy) is 1. The number of β-amino-alcohol motifs (C(OH)–C–C–N with tert-alkyl or cyclic N) is 1. The predicted octanol–water partition coefficient (Wildman–Crippen LogP) is 2.85. The van der Waals surface area contributed by atoms with Crippen molar-refractivity contribution in [3.63, 3.8) is 0 Å². The molecule has 120 valence electrons. The van der Waals surface area contributed by atoms with E-state index in [1.165, 1.54) is 12.8 Å². The van der Waals surface area contributed by atoms with E-state index in [1.54, 1.807) is 4.90 Å². The van der Waals surface area contributed by atoms with E-state index in [0.29, 0.717) is 18.2 Å². The molecule has 1 saturated carbocycles. The number of nitrogens with zero attached hydrogens (tertiary/aromatic N) is 1. The molecular formula is C18H25NO3. The topological polar surface area (TPSA) is 49.8 Å². The molecule has 0 aromatic heterocycles. The van der Waals surface area contributed by atoms with Crippen LogP contribution in [-0.2, 0) is 0 Å². The fourth-order valence-corrected chi connectivity index (χ4v) is 3.29. The van der Waals surface area contributed by atoms with E-state index in [2.05, 4.69) is 0 Å². The van der Waals surface area contributed by atoms with Crippen LogP contribution in [0.3, 0.4) is 0 Å². The van der Waals surface area contributed by atoms with Crippen LogP contribution in [0.1, 0.15) is 49.4 Å². The molecule has 2 unspecified atom stereocenters. The van der Waals surface area contributed by atoms with Crippen LogP contribution in [0.2, 0.25) is 0 Å². The number of hydrogen-bond acceptors (Lipinski definition) is 3. The molecule has 1 amide bonds. The molecule has 2 aliphatic rings. The molecule has 2 atom stereocenters. The van der Waals surface area contributed by atoms with Gasteiger partial charge in [-0.25, -0.2) is 0 Å². The van der Waals surface area contributed by atoms with Crippen LogP contribution in [0.25, 0.3) is 0 Å². The van der Waals surface area contributed by atoms with E-state index < -0.39 is 6.10 Å². The highest BCUT2D eigenvalue weighted by Crippen LogP contribution is 2.25. The Bertz CT molecular complexity index is 508. The maximum Gasteiger partial charge on any atom is 0.253 e. The summed E-state index contributed by atoms with van der Waals surface area (Å²) in [5.41, 5.74) is 0.667. The van der Waals surface area contributed by atoms with Gasteiger partial charge in [-0.3, -0.25) is 4.79 Å². The molecule has 1 aromatic rings. The van der Waals surface area contributed by atoms with Crippen molar-refractivity contribution in [2.24, 2.45) is 5.92 Å². The Balaban J connectivity index is 1.60. The first-order valence-electron chi connectivity index (χ1n) is 8.37. The average Bonchev–Trinajstić information content (AvgIpc) is 3.03. The Morgan fingerprint density at radius 1 is 1.18 bits per heavy atom. The fourth-order valence-electron chi connectivity index (χ4n) is 3.29. The highest BCUT2D eigenvalue weighted by Gasteiger charge is 2.27. The van der Waals surface area contributed by atoms with Gasteiger partial charge in [-0.2, -0.15) is 0 Å². The summed E-state index contributed by atoms with van der Waals surface area (Å²) in [6.07, 6.45) is 5.53. The molecule has 1 aromatic carbocycles. The summed E-state index contributed by atoms with van der Waals surface area (Å²) in [5, 5.41) is 9.93. The summed E-state index contributed by atoms with van der Waals surface area (Å²) in [4.78, 5) is 14.2. The third-order valence-electron chi connectivity index (χ3n) is 4.91. The first kappa shape index (κ1) is 15.3. The van der Waals surface area contributed by atoms with E-state index in [0.717, 1.165) is 31.6 Å². The van der Waals surface area contributed by atoms with E-state index in [4.69, 9.17) is 4.74 Å². The number of carbonyl (C=O) groups is 1.